The van der Waals surface area contributed by atoms with Gasteiger partial charge in [-0.1, -0.05) is 38.5 Å². The first-order chi connectivity index (χ1) is 14.6. The minimum absolute atomic E-state index is 0.150. The van der Waals surface area contributed by atoms with Gasteiger partial charge in [-0.3, -0.25) is 0 Å². The first kappa shape index (κ1) is 21.9. The molecule has 1 heterocycles. The van der Waals surface area contributed by atoms with Gasteiger partial charge in [0.1, 0.15) is 5.75 Å². The summed E-state index contributed by atoms with van der Waals surface area (Å²) in [6, 6.07) is 5.74. The smallest absolute Gasteiger partial charge is 0.243 e. The van der Waals surface area contributed by atoms with Crippen molar-refractivity contribution in [1.82, 2.24) is 9.62 Å². The summed E-state index contributed by atoms with van der Waals surface area (Å²) in [5, 5.41) is 3.36. The van der Waals surface area contributed by atoms with E-state index in [1.807, 2.05) is 16.4 Å². The van der Waals surface area contributed by atoms with Crippen LogP contribution in [0.25, 0.3) is 0 Å². The number of piperazine rings is 1. The molecule has 0 amide bonds. The molecule has 0 aromatic heterocycles. The normalized spacial score (nSPS) is 22.4. The molecule has 1 aromatic rings. The first-order valence-corrected chi connectivity index (χ1v) is 13.2. The average molecular weight is 436 g/mol. The Morgan fingerprint density at radius 3 is 2.03 bits per heavy atom. The van der Waals surface area contributed by atoms with Crippen LogP contribution < -0.4 is 15.0 Å². The number of hydrogen-bond acceptors (Lipinski definition) is 5. The van der Waals surface area contributed by atoms with Gasteiger partial charge >= 0.3 is 0 Å². The zero-order valence-corrected chi connectivity index (χ0v) is 19.1. The topological polar surface area (TPSA) is 61.9 Å². The fourth-order valence-corrected chi connectivity index (χ4v) is 7.42. The molecule has 2 saturated carbocycles. The second kappa shape index (κ2) is 9.88. The van der Waals surface area contributed by atoms with Crippen molar-refractivity contribution in [3.05, 3.63) is 18.2 Å². The monoisotopic (exact) mass is 435 g/mol. The molecule has 6 nitrogen and oxygen atoms in total. The molecule has 7 heteroatoms. The van der Waals surface area contributed by atoms with Gasteiger partial charge in [0.15, 0.2) is 0 Å². The molecule has 0 radical (unpaired) electrons. The Morgan fingerprint density at radius 2 is 1.50 bits per heavy atom. The standard InChI is InChI=1S/C23H37N3O3S/c1-29-23-13-12-21(18-22(23)25-16-14-24-15-17-25)30(27,28)26(19-8-4-2-5-9-19)20-10-6-3-7-11-20/h12-13,18-20,24H,2-11,14-17H2,1H3. The lowest BCUT2D eigenvalue weighted by Gasteiger charge is -2.40. The van der Waals surface area contributed by atoms with Crippen molar-refractivity contribution in [2.24, 2.45) is 0 Å². The van der Waals surface area contributed by atoms with Crippen LogP contribution in [0.15, 0.2) is 23.1 Å². The van der Waals surface area contributed by atoms with Gasteiger partial charge in [-0.2, -0.15) is 4.31 Å². The third kappa shape index (κ3) is 4.63. The molecule has 1 aromatic carbocycles. The van der Waals surface area contributed by atoms with Crippen molar-refractivity contribution in [3.8, 4) is 5.75 Å². The van der Waals surface area contributed by atoms with Crippen LogP contribution in [-0.4, -0.2) is 58.1 Å². The number of rotatable bonds is 6. The van der Waals surface area contributed by atoms with Gasteiger partial charge in [0.05, 0.1) is 17.7 Å². The third-order valence-electron chi connectivity index (χ3n) is 7.05. The summed E-state index contributed by atoms with van der Waals surface area (Å²) in [5.41, 5.74) is 0.896. The quantitative estimate of drug-likeness (QED) is 0.737. The summed E-state index contributed by atoms with van der Waals surface area (Å²) in [5.74, 6) is 0.748. The van der Waals surface area contributed by atoms with Crippen LogP contribution in [0.4, 0.5) is 5.69 Å². The summed E-state index contributed by atoms with van der Waals surface area (Å²) < 4.78 is 35.6. The van der Waals surface area contributed by atoms with Gasteiger partial charge in [-0.15, -0.1) is 0 Å². The van der Waals surface area contributed by atoms with Crippen LogP contribution in [0.1, 0.15) is 64.2 Å². The zero-order valence-electron chi connectivity index (χ0n) is 18.3. The van der Waals surface area contributed by atoms with Gasteiger partial charge in [-0.25, -0.2) is 8.42 Å². The number of nitrogens with one attached hydrogen (secondary N) is 1. The van der Waals surface area contributed by atoms with E-state index < -0.39 is 10.0 Å². The number of methoxy groups -OCH3 is 1. The van der Waals surface area contributed by atoms with Crippen molar-refractivity contribution < 1.29 is 13.2 Å². The van der Waals surface area contributed by atoms with Gasteiger partial charge in [0, 0.05) is 38.3 Å². The fourth-order valence-electron chi connectivity index (χ4n) is 5.47. The predicted molar refractivity (Wildman–Crippen MR) is 121 cm³/mol. The molecule has 1 N–H and O–H groups in total. The number of nitrogens with zero attached hydrogens (tertiary/aromatic N) is 2. The molecular weight excluding hydrogens is 398 g/mol. The second-order valence-corrected chi connectivity index (χ2v) is 10.8. The van der Waals surface area contributed by atoms with Crippen LogP contribution in [0.3, 0.4) is 0 Å². The molecule has 3 fully saturated rings. The number of ether oxygens (including phenoxy) is 1. The maximum atomic E-state index is 14.0. The highest BCUT2D eigenvalue weighted by atomic mass is 32.2. The number of benzene rings is 1. The Morgan fingerprint density at radius 1 is 0.933 bits per heavy atom. The average Bonchev–Trinajstić information content (AvgIpc) is 2.80. The Balaban J connectivity index is 1.69. The minimum atomic E-state index is -3.55. The molecule has 4 rings (SSSR count). The largest absolute Gasteiger partial charge is 0.495 e. The lowest BCUT2D eigenvalue weighted by molar-refractivity contribution is 0.169. The summed E-state index contributed by atoms with van der Waals surface area (Å²) in [4.78, 5) is 2.66. The molecule has 30 heavy (non-hydrogen) atoms. The summed E-state index contributed by atoms with van der Waals surface area (Å²) in [7, 11) is -1.89. The highest BCUT2D eigenvalue weighted by Crippen LogP contribution is 2.37. The van der Waals surface area contributed by atoms with Crippen LogP contribution in [0.2, 0.25) is 0 Å². The van der Waals surface area contributed by atoms with Crippen LogP contribution in [0, 0.1) is 0 Å². The van der Waals surface area contributed by atoms with Gasteiger partial charge < -0.3 is 15.0 Å². The van der Waals surface area contributed by atoms with Crippen molar-refractivity contribution in [2.45, 2.75) is 81.2 Å². The van der Waals surface area contributed by atoms with E-state index >= 15 is 0 Å². The SMILES string of the molecule is COc1ccc(S(=O)(=O)N(C2CCCCC2)C2CCCCC2)cc1N1CCNCC1. The molecule has 0 unspecified atom stereocenters. The number of hydrogen-bond donors (Lipinski definition) is 1. The van der Waals surface area contributed by atoms with Gasteiger partial charge in [0.25, 0.3) is 0 Å². The Hall–Kier alpha value is -1.31. The molecule has 0 atom stereocenters. The van der Waals surface area contributed by atoms with E-state index in [2.05, 4.69) is 10.2 Å². The molecule has 2 aliphatic carbocycles. The maximum absolute atomic E-state index is 14.0. The van der Waals surface area contributed by atoms with E-state index in [1.54, 1.807) is 13.2 Å². The van der Waals surface area contributed by atoms with E-state index in [4.69, 9.17) is 4.74 Å². The number of sulfonamides is 1. The van der Waals surface area contributed by atoms with Gasteiger partial charge in [-0.05, 0) is 43.9 Å². The lowest BCUT2D eigenvalue weighted by Crippen LogP contribution is -2.48. The zero-order chi connectivity index (χ0) is 21.0. The lowest BCUT2D eigenvalue weighted by atomic mass is 9.91. The fraction of sp³-hybridized carbons (Fsp3) is 0.739. The number of anilines is 1. The van der Waals surface area contributed by atoms with Crippen molar-refractivity contribution in [3.63, 3.8) is 0 Å². The van der Waals surface area contributed by atoms with Crippen LogP contribution in [-0.2, 0) is 10.0 Å². The Bertz CT molecular complexity index is 778. The molecule has 1 saturated heterocycles. The van der Waals surface area contributed by atoms with E-state index in [-0.39, 0.29) is 12.1 Å². The van der Waals surface area contributed by atoms with E-state index in [0.717, 1.165) is 89.0 Å². The molecule has 3 aliphatic rings. The Labute approximate surface area is 182 Å². The summed E-state index contributed by atoms with van der Waals surface area (Å²) >= 11 is 0. The highest BCUT2D eigenvalue weighted by molar-refractivity contribution is 7.89. The van der Waals surface area contributed by atoms with E-state index in [0.29, 0.717) is 4.90 Å². The van der Waals surface area contributed by atoms with Crippen LogP contribution >= 0.6 is 0 Å². The summed E-state index contributed by atoms with van der Waals surface area (Å²) in [6.45, 7) is 3.51. The van der Waals surface area contributed by atoms with Crippen molar-refractivity contribution in [1.29, 1.82) is 0 Å². The van der Waals surface area contributed by atoms with Gasteiger partial charge in [0.2, 0.25) is 10.0 Å². The van der Waals surface area contributed by atoms with Crippen LogP contribution in [0.5, 0.6) is 5.75 Å². The van der Waals surface area contributed by atoms with E-state index in [9.17, 15) is 8.42 Å². The maximum Gasteiger partial charge on any atom is 0.243 e. The highest BCUT2D eigenvalue weighted by Gasteiger charge is 2.38. The second-order valence-electron chi connectivity index (χ2n) is 8.99. The molecule has 0 bridgehead atoms. The van der Waals surface area contributed by atoms with Crippen molar-refractivity contribution >= 4 is 15.7 Å². The molecule has 0 spiro atoms. The molecular formula is C23H37N3O3S. The summed E-state index contributed by atoms with van der Waals surface area (Å²) in [6.07, 6.45) is 11.0. The molecule has 168 valence electrons. The van der Waals surface area contributed by atoms with Crippen molar-refractivity contribution in [2.75, 3.05) is 38.2 Å². The first-order valence-electron chi connectivity index (χ1n) is 11.8. The Kier molecular flexibility index (Phi) is 7.21. The molecule has 1 aliphatic heterocycles. The van der Waals surface area contributed by atoms with E-state index in [1.165, 1.54) is 12.8 Å². The minimum Gasteiger partial charge on any atom is -0.495 e. The predicted octanol–water partition coefficient (Wildman–Crippen LogP) is 3.76. The third-order valence-corrected chi connectivity index (χ3v) is 9.05.